The Kier molecular flexibility index (Phi) is 7.75. The molecule has 7 heteroatoms. The van der Waals surface area contributed by atoms with E-state index in [9.17, 15) is 25.4 Å². The third-order valence-electron chi connectivity index (χ3n) is 12.3. The lowest BCUT2D eigenvalue weighted by Crippen LogP contribution is -2.68. The molecule has 0 aromatic carbocycles. The molecule has 4 rings (SSSR count). The maximum absolute atomic E-state index is 11.7. The number of carbonyl (C=O) groups is 1. The van der Waals surface area contributed by atoms with Gasteiger partial charge in [-0.15, -0.1) is 0 Å². The van der Waals surface area contributed by atoms with Gasteiger partial charge in [0.25, 0.3) is 0 Å². The molecule has 4 aliphatic rings. The summed E-state index contributed by atoms with van der Waals surface area (Å²) in [6.07, 6.45) is 6.30. The number of fused-ring (bicyclic) bond motifs is 5. The number of hydrogen-bond acceptors (Lipinski definition) is 7. The number of carbonyl (C=O) groups excluding carboxylic acids is 1. The molecule has 0 bridgehead atoms. The van der Waals surface area contributed by atoms with E-state index < -0.39 is 34.4 Å². The molecule has 0 radical (unpaired) electrons. The van der Waals surface area contributed by atoms with Crippen molar-refractivity contribution in [2.45, 2.75) is 136 Å². The molecule has 7 nitrogen and oxygen atoms in total. The van der Waals surface area contributed by atoms with Crippen molar-refractivity contribution in [1.29, 1.82) is 0 Å². The minimum atomic E-state index is -1.25. The van der Waals surface area contributed by atoms with Crippen LogP contribution in [0.3, 0.4) is 0 Å². The Morgan fingerprint density at radius 1 is 1.13 bits per heavy atom. The zero-order valence-electron chi connectivity index (χ0n) is 24.8. The fourth-order valence-electron chi connectivity index (χ4n) is 9.78. The molecule has 4 N–H and O–H groups in total. The zero-order chi connectivity index (χ0) is 28.5. The minimum Gasteiger partial charge on any atom is -0.460 e. The van der Waals surface area contributed by atoms with Crippen molar-refractivity contribution in [3.8, 4) is 0 Å². The van der Waals surface area contributed by atoms with Gasteiger partial charge in [-0.05, 0) is 106 Å². The lowest BCUT2D eigenvalue weighted by atomic mass is 9.42. The van der Waals surface area contributed by atoms with E-state index in [0.717, 1.165) is 31.3 Å². The number of rotatable bonds is 7. The van der Waals surface area contributed by atoms with Gasteiger partial charge in [-0.3, -0.25) is 10.1 Å². The Hall–Kier alpha value is -0.990. The highest BCUT2D eigenvalue weighted by Crippen LogP contribution is 2.68. The second-order valence-electron chi connectivity index (χ2n) is 14.7. The molecule has 0 aliphatic heterocycles. The van der Waals surface area contributed by atoms with Gasteiger partial charge in [-0.2, -0.15) is 0 Å². The number of aliphatic hydroxyl groups excluding tert-OH is 2. The van der Waals surface area contributed by atoms with E-state index in [4.69, 9.17) is 9.62 Å². The van der Waals surface area contributed by atoms with E-state index in [0.29, 0.717) is 25.2 Å². The summed E-state index contributed by atoms with van der Waals surface area (Å²) in [5.41, 5.74) is -2.27. The molecule has 0 aromatic heterocycles. The van der Waals surface area contributed by atoms with Crippen LogP contribution in [0.2, 0.25) is 0 Å². The smallest absolute Gasteiger partial charge is 0.303 e. The van der Waals surface area contributed by atoms with Gasteiger partial charge in [-0.1, -0.05) is 33.8 Å². The minimum absolute atomic E-state index is 0.0370. The average molecular weight is 537 g/mol. The first-order chi connectivity index (χ1) is 17.4. The summed E-state index contributed by atoms with van der Waals surface area (Å²) in [6.45, 7) is 15.9. The number of esters is 1. The molecule has 0 aromatic rings. The lowest BCUT2D eigenvalue weighted by molar-refractivity contribution is -0.315. The normalized spacial score (nSPS) is 44.1. The van der Waals surface area contributed by atoms with Crippen molar-refractivity contribution in [2.75, 3.05) is 0 Å². The maximum Gasteiger partial charge on any atom is 0.303 e. The molecule has 218 valence electrons. The highest BCUT2D eigenvalue weighted by atomic mass is 17.1. The summed E-state index contributed by atoms with van der Waals surface area (Å²) in [7, 11) is 0. The maximum atomic E-state index is 11.7. The van der Waals surface area contributed by atoms with Gasteiger partial charge in [0, 0.05) is 18.8 Å². The quantitative estimate of drug-likeness (QED) is 0.152. The van der Waals surface area contributed by atoms with Gasteiger partial charge in [0.2, 0.25) is 0 Å². The monoisotopic (exact) mass is 536 g/mol. The second kappa shape index (κ2) is 9.83. The highest BCUT2D eigenvalue weighted by Gasteiger charge is 2.67. The van der Waals surface area contributed by atoms with Gasteiger partial charge in [0.05, 0.1) is 17.8 Å². The van der Waals surface area contributed by atoms with Crippen LogP contribution in [0.25, 0.3) is 0 Å². The van der Waals surface area contributed by atoms with Gasteiger partial charge >= 0.3 is 5.97 Å². The van der Waals surface area contributed by atoms with Crippen LogP contribution in [0.15, 0.2) is 11.6 Å². The first kappa shape index (κ1) is 30.0. The molecule has 3 saturated carbocycles. The second-order valence-corrected chi connectivity index (χ2v) is 14.7. The molecule has 11 unspecified atom stereocenters. The SMILES string of the molecule is CC(=O)OC(C)(C)C(C)C(C)CC(C)(OO)C1=CCC2C3CC(O)C4(O)CC(O)CCC4(C)C3CCC12C. The molecule has 11 atom stereocenters. The van der Waals surface area contributed by atoms with Crippen molar-refractivity contribution < 1.29 is 35.0 Å². The number of hydrogen-bond donors (Lipinski definition) is 4. The van der Waals surface area contributed by atoms with Crippen LogP contribution < -0.4 is 0 Å². The van der Waals surface area contributed by atoms with Crippen molar-refractivity contribution in [1.82, 2.24) is 0 Å². The Morgan fingerprint density at radius 3 is 2.39 bits per heavy atom. The number of allylic oxidation sites excluding steroid dienone is 1. The predicted molar refractivity (Wildman–Crippen MR) is 145 cm³/mol. The molecular formula is C31H52O7. The first-order valence-electron chi connectivity index (χ1n) is 14.8. The van der Waals surface area contributed by atoms with Crippen LogP contribution in [0.5, 0.6) is 0 Å². The van der Waals surface area contributed by atoms with Crippen molar-refractivity contribution >= 4 is 5.97 Å². The molecule has 0 amide bonds. The summed E-state index contributed by atoms with van der Waals surface area (Å²) < 4.78 is 5.62. The van der Waals surface area contributed by atoms with E-state index in [-0.39, 0.29) is 41.5 Å². The predicted octanol–water partition coefficient (Wildman–Crippen LogP) is 5.26. The van der Waals surface area contributed by atoms with E-state index in [2.05, 4.69) is 33.8 Å². The Bertz CT molecular complexity index is 947. The largest absolute Gasteiger partial charge is 0.460 e. The van der Waals surface area contributed by atoms with Crippen molar-refractivity contribution in [3.63, 3.8) is 0 Å². The summed E-state index contributed by atoms with van der Waals surface area (Å²) in [5, 5.41) is 43.7. The van der Waals surface area contributed by atoms with Crippen molar-refractivity contribution in [2.24, 2.45) is 40.4 Å². The van der Waals surface area contributed by atoms with Crippen LogP contribution in [0.1, 0.15) is 107 Å². The van der Waals surface area contributed by atoms with E-state index in [1.807, 2.05) is 20.8 Å². The van der Waals surface area contributed by atoms with Crippen molar-refractivity contribution in [3.05, 3.63) is 11.6 Å². The number of ether oxygens (including phenoxy) is 1. The summed E-state index contributed by atoms with van der Waals surface area (Å²) in [6, 6.07) is 0. The Labute approximate surface area is 228 Å². The third-order valence-corrected chi connectivity index (χ3v) is 12.3. The molecule has 0 spiro atoms. The third kappa shape index (κ3) is 4.49. The van der Waals surface area contributed by atoms with Crippen LogP contribution in [-0.4, -0.2) is 55.6 Å². The highest BCUT2D eigenvalue weighted by molar-refractivity contribution is 5.66. The molecule has 0 heterocycles. The standard InChI is InChI=1S/C31H52O7/c1-18(19(2)27(4,5)37-20(3)32)16-30(8,38-36)25-10-9-23-22-15-26(34)31(35)17-21(33)11-14-29(31,7)24(22)12-13-28(23,25)6/h10,18-19,21-24,26,33-36H,9,11-17H2,1-8H3. The molecule has 3 fully saturated rings. The Balaban J connectivity index is 1.58. The summed E-state index contributed by atoms with van der Waals surface area (Å²) in [5.74, 6) is 0.650. The van der Waals surface area contributed by atoms with Gasteiger partial charge in [0.15, 0.2) is 0 Å². The van der Waals surface area contributed by atoms with Crippen LogP contribution >= 0.6 is 0 Å². The summed E-state index contributed by atoms with van der Waals surface area (Å²) in [4.78, 5) is 17.0. The lowest BCUT2D eigenvalue weighted by Gasteiger charge is -2.65. The van der Waals surface area contributed by atoms with E-state index >= 15 is 0 Å². The molecule has 4 aliphatic carbocycles. The summed E-state index contributed by atoms with van der Waals surface area (Å²) >= 11 is 0. The zero-order valence-corrected chi connectivity index (χ0v) is 24.8. The first-order valence-corrected chi connectivity index (χ1v) is 14.8. The van der Waals surface area contributed by atoms with Crippen LogP contribution in [-0.2, 0) is 14.4 Å². The van der Waals surface area contributed by atoms with Gasteiger partial charge in [-0.25, -0.2) is 4.89 Å². The van der Waals surface area contributed by atoms with E-state index in [1.54, 1.807) is 0 Å². The molecule has 38 heavy (non-hydrogen) atoms. The molecular weight excluding hydrogens is 484 g/mol. The van der Waals surface area contributed by atoms with Gasteiger partial charge in [0.1, 0.15) is 11.2 Å². The average Bonchev–Trinajstić information content (AvgIpc) is 3.18. The topological polar surface area (TPSA) is 116 Å². The van der Waals surface area contributed by atoms with E-state index in [1.165, 1.54) is 6.92 Å². The molecule has 0 saturated heterocycles. The Morgan fingerprint density at radius 2 is 1.79 bits per heavy atom. The van der Waals surface area contributed by atoms with Gasteiger partial charge < -0.3 is 20.1 Å². The van der Waals surface area contributed by atoms with Crippen LogP contribution in [0, 0.1) is 40.4 Å². The number of aliphatic hydroxyl groups is 3. The fourth-order valence-corrected chi connectivity index (χ4v) is 9.78. The fraction of sp³-hybridized carbons (Fsp3) is 0.903. The van der Waals surface area contributed by atoms with Crippen LogP contribution in [0.4, 0.5) is 0 Å².